The second kappa shape index (κ2) is 3.37. The van der Waals surface area contributed by atoms with Crippen LogP contribution in [-0.2, 0) is 0 Å². The minimum Gasteiger partial charge on any atom is -0.396 e. The van der Waals surface area contributed by atoms with Crippen molar-refractivity contribution in [2.45, 2.75) is 25.0 Å². The summed E-state index contributed by atoms with van der Waals surface area (Å²) in [6.45, 7) is 1.12. The highest BCUT2D eigenvalue weighted by Crippen LogP contribution is 2.17. The summed E-state index contributed by atoms with van der Waals surface area (Å²) in [6, 6.07) is 0.185. The van der Waals surface area contributed by atoms with E-state index in [1.54, 1.807) is 0 Å². The maximum absolute atomic E-state index is 9.34. The van der Waals surface area contributed by atoms with Gasteiger partial charge in [0.1, 0.15) is 0 Å². The fourth-order valence-corrected chi connectivity index (χ4v) is 1.53. The summed E-state index contributed by atoms with van der Waals surface area (Å²) in [5, 5.41) is 18.0. The highest BCUT2D eigenvalue weighted by Gasteiger charge is 2.28. The monoisotopic (exact) mass is 143 g/mol. The van der Waals surface area contributed by atoms with E-state index in [2.05, 4.69) is 4.81 Å². The third-order valence-corrected chi connectivity index (χ3v) is 2.21. The number of hydrogen-bond donors (Lipinski definition) is 2. The highest BCUT2D eigenvalue weighted by molar-refractivity contribution is 6.04. The van der Waals surface area contributed by atoms with Crippen molar-refractivity contribution in [3.05, 3.63) is 0 Å². The molecule has 10 heavy (non-hydrogen) atoms. The van der Waals surface area contributed by atoms with E-state index in [9.17, 15) is 5.11 Å². The highest BCUT2D eigenvalue weighted by atomic mass is 16.3. The molecule has 1 heterocycles. The van der Waals surface area contributed by atoms with Crippen molar-refractivity contribution in [3.8, 4) is 0 Å². The average Bonchev–Trinajstić information content (AvgIpc) is 2.20. The first-order valence-electron chi connectivity index (χ1n) is 3.75. The van der Waals surface area contributed by atoms with Gasteiger partial charge in [-0.15, -0.1) is 0 Å². The Morgan fingerprint density at radius 1 is 1.60 bits per heavy atom. The fraction of sp³-hybridized carbons (Fsp3) is 1.00. The summed E-state index contributed by atoms with van der Waals surface area (Å²) < 4.78 is 0. The molecule has 4 heteroatoms. The van der Waals surface area contributed by atoms with E-state index < -0.39 is 0 Å². The SMILES string of the molecule is BN1CCC(O)[C@@H]1CCO. The molecule has 2 atom stereocenters. The molecule has 0 saturated carbocycles. The van der Waals surface area contributed by atoms with Crippen molar-refractivity contribution in [1.82, 2.24) is 4.81 Å². The summed E-state index contributed by atoms with van der Waals surface area (Å²) in [5.41, 5.74) is 0. The van der Waals surface area contributed by atoms with Crippen molar-refractivity contribution < 1.29 is 10.2 Å². The fourth-order valence-electron chi connectivity index (χ4n) is 1.53. The van der Waals surface area contributed by atoms with Gasteiger partial charge >= 0.3 is 0 Å². The third kappa shape index (κ3) is 1.51. The lowest BCUT2D eigenvalue weighted by atomic mass is 10.1. The van der Waals surface area contributed by atoms with E-state index in [-0.39, 0.29) is 18.8 Å². The molecule has 0 radical (unpaired) electrons. The van der Waals surface area contributed by atoms with Crippen LogP contribution >= 0.6 is 0 Å². The van der Waals surface area contributed by atoms with E-state index in [4.69, 9.17) is 5.11 Å². The zero-order chi connectivity index (χ0) is 7.56. The minimum absolute atomic E-state index is 0.173. The van der Waals surface area contributed by atoms with Crippen molar-refractivity contribution >= 4 is 7.98 Å². The molecule has 1 saturated heterocycles. The van der Waals surface area contributed by atoms with Gasteiger partial charge in [-0.25, -0.2) is 0 Å². The van der Waals surface area contributed by atoms with Crippen molar-refractivity contribution in [1.29, 1.82) is 0 Å². The van der Waals surface area contributed by atoms with Gasteiger partial charge in [-0.2, -0.15) is 0 Å². The van der Waals surface area contributed by atoms with Crippen molar-refractivity contribution in [3.63, 3.8) is 0 Å². The standard InChI is InChI=1S/C6H14BNO2/c7-8-3-1-6(10)5(8)2-4-9/h5-6,9-10H,1-4,7H2/t5-,6?/m0/s1. The van der Waals surface area contributed by atoms with Crippen LogP contribution in [0, 0.1) is 0 Å². The van der Waals surface area contributed by atoms with E-state index in [1.165, 1.54) is 0 Å². The first-order chi connectivity index (χ1) is 4.75. The quantitative estimate of drug-likeness (QED) is 0.455. The molecular formula is C6H14BNO2. The third-order valence-electron chi connectivity index (χ3n) is 2.21. The van der Waals surface area contributed by atoms with Crippen LogP contribution in [0.3, 0.4) is 0 Å². The Hall–Kier alpha value is -0.0551. The molecule has 0 aromatic carbocycles. The summed E-state index contributed by atoms with van der Waals surface area (Å²) in [6.07, 6.45) is 1.32. The Labute approximate surface area is 62.1 Å². The molecule has 1 rings (SSSR count). The Bertz CT molecular complexity index is 102. The molecule has 0 aromatic rings. The molecule has 3 nitrogen and oxygen atoms in total. The smallest absolute Gasteiger partial charge is 0.185 e. The normalized spacial score (nSPS) is 35.0. The molecular weight excluding hydrogens is 129 g/mol. The Balaban J connectivity index is 2.38. The minimum atomic E-state index is -0.225. The number of aliphatic hydroxyl groups is 2. The van der Waals surface area contributed by atoms with Gasteiger partial charge in [0, 0.05) is 12.6 Å². The van der Waals surface area contributed by atoms with Crippen LogP contribution < -0.4 is 0 Å². The Morgan fingerprint density at radius 2 is 2.30 bits per heavy atom. The topological polar surface area (TPSA) is 43.7 Å². The van der Waals surface area contributed by atoms with Crippen LogP contribution in [0.15, 0.2) is 0 Å². The lowest BCUT2D eigenvalue weighted by Crippen LogP contribution is -2.33. The number of aliphatic hydroxyl groups excluding tert-OH is 2. The molecule has 1 unspecified atom stereocenters. The van der Waals surface area contributed by atoms with Gasteiger partial charge in [0.25, 0.3) is 0 Å². The Kier molecular flexibility index (Phi) is 2.71. The first-order valence-corrected chi connectivity index (χ1v) is 3.75. The summed E-state index contributed by atoms with van der Waals surface area (Å²) in [7, 11) is 1.98. The summed E-state index contributed by atoms with van der Waals surface area (Å²) >= 11 is 0. The molecule has 0 bridgehead atoms. The van der Waals surface area contributed by atoms with Gasteiger partial charge in [0.15, 0.2) is 7.98 Å². The zero-order valence-electron chi connectivity index (χ0n) is 6.32. The lowest BCUT2D eigenvalue weighted by molar-refractivity contribution is 0.123. The van der Waals surface area contributed by atoms with Crippen molar-refractivity contribution in [2.75, 3.05) is 13.2 Å². The summed E-state index contributed by atoms with van der Waals surface area (Å²) in [4.78, 5) is 2.10. The van der Waals surface area contributed by atoms with Crippen molar-refractivity contribution in [2.24, 2.45) is 0 Å². The molecule has 0 aromatic heterocycles. The van der Waals surface area contributed by atoms with E-state index in [0.29, 0.717) is 6.42 Å². The van der Waals surface area contributed by atoms with Crippen LogP contribution in [0.1, 0.15) is 12.8 Å². The van der Waals surface area contributed by atoms with Gasteiger partial charge in [-0.1, -0.05) is 0 Å². The number of hydrogen-bond acceptors (Lipinski definition) is 3. The maximum atomic E-state index is 9.34. The molecule has 0 spiro atoms. The number of rotatable bonds is 2. The average molecular weight is 143 g/mol. The lowest BCUT2D eigenvalue weighted by Gasteiger charge is -2.20. The van der Waals surface area contributed by atoms with Gasteiger partial charge < -0.3 is 15.0 Å². The van der Waals surface area contributed by atoms with Gasteiger partial charge in [0.05, 0.1) is 6.10 Å². The predicted octanol–water partition coefficient (Wildman–Crippen LogP) is -1.65. The maximum Gasteiger partial charge on any atom is 0.185 e. The van der Waals surface area contributed by atoms with E-state index in [1.807, 2.05) is 7.98 Å². The van der Waals surface area contributed by atoms with Gasteiger partial charge in [0.2, 0.25) is 0 Å². The van der Waals surface area contributed by atoms with Gasteiger partial charge in [-0.05, 0) is 19.4 Å². The first kappa shape index (κ1) is 8.05. The van der Waals surface area contributed by atoms with Gasteiger partial charge in [-0.3, -0.25) is 0 Å². The predicted molar refractivity (Wildman–Crippen MR) is 41.4 cm³/mol. The second-order valence-corrected chi connectivity index (χ2v) is 2.92. The van der Waals surface area contributed by atoms with E-state index >= 15 is 0 Å². The van der Waals surface area contributed by atoms with Crippen LogP contribution in [0.4, 0.5) is 0 Å². The largest absolute Gasteiger partial charge is 0.396 e. The molecule has 2 N–H and O–H groups in total. The Morgan fingerprint density at radius 3 is 2.70 bits per heavy atom. The van der Waals surface area contributed by atoms with E-state index in [0.717, 1.165) is 13.0 Å². The zero-order valence-corrected chi connectivity index (χ0v) is 6.32. The molecule has 1 aliphatic heterocycles. The molecule has 1 aliphatic rings. The molecule has 0 aliphatic carbocycles. The number of nitrogens with zero attached hydrogens (tertiary/aromatic N) is 1. The molecule has 1 fully saturated rings. The van der Waals surface area contributed by atoms with Crippen LogP contribution in [-0.4, -0.2) is 48.3 Å². The van der Waals surface area contributed by atoms with Crippen LogP contribution in [0.25, 0.3) is 0 Å². The summed E-state index contributed by atoms with van der Waals surface area (Å²) in [5.74, 6) is 0. The van der Waals surface area contributed by atoms with Crippen LogP contribution in [0.2, 0.25) is 0 Å². The molecule has 0 amide bonds. The molecule has 58 valence electrons. The van der Waals surface area contributed by atoms with Crippen LogP contribution in [0.5, 0.6) is 0 Å². The second-order valence-electron chi connectivity index (χ2n) is 2.92.